The molecule has 94 valence electrons. The Labute approximate surface area is 105 Å². The second-order valence-corrected chi connectivity index (χ2v) is 3.85. The van der Waals surface area contributed by atoms with Gasteiger partial charge in [0, 0.05) is 12.1 Å². The van der Waals surface area contributed by atoms with Crippen LogP contribution >= 0.6 is 11.6 Å². The van der Waals surface area contributed by atoms with Crippen molar-refractivity contribution in [3.63, 3.8) is 0 Å². The highest BCUT2D eigenvalue weighted by Gasteiger charge is 2.06. The molecule has 0 aliphatic rings. The number of hydrogen-bond acceptors (Lipinski definition) is 4. The lowest BCUT2D eigenvalue weighted by Crippen LogP contribution is -2.17. The SMILES string of the molecule is COCCOC(=O)COc1ccc(Cl)cc1C. The van der Waals surface area contributed by atoms with E-state index in [1.165, 1.54) is 0 Å². The van der Waals surface area contributed by atoms with Gasteiger partial charge in [0.05, 0.1) is 6.61 Å². The molecule has 0 unspecified atom stereocenters. The molecule has 0 aromatic heterocycles. The third-order valence-corrected chi connectivity index (χ3v) is 2.27. The van der Waals surface area contributed by atoms with Gasteiger partial charge in [-0.25, -0.2) is 4.79 Å². The summed E-state index contributed by atoms with van der Waals surface area (Å²) in [5.74, 6) is 0.203. The minimum absolute atomic E-state index is 0.119. The first-order valence-electron chi connectivity index (χ1n) is 5.17. The van der Waals surface area contributed by atoms with E-state index in [2.05, 4.69) is 0 Å². The molecule has 0 heterocycles. The largest absolute Gasteiger partial charge is 0.482 e. The average Bonchev–Trinajstić information content (AvgIpc) is 2.28. The molecule has 0 saturated carbocycles. The summed E-state index contributed by atoms with van der Waals surface area (Å²) in [5, 5.41) is 0.637. The van der Waals surface area contributed by atoms with E-state index >= 15 is 0 Å². The molecule has 0 aliphatic carbocycles. The predicted molar refractivity (Wildman–Crippen MR) is 64.5 cm³/mol. The van der Waals surface area contributed by atoms with Gasteiger partial charge in [-0.2, -0.15) is 0 Å². The van der Waals surface area contributed by atoms with Crippen LogP contribution in [-0.2, 0) is 14.3 Å². The number of methoxy groups -OCH3 is 1. The number of carbonyl (C=O) groups excluding carboxylic acids is 1. The molecule has 0 aliphatic heterocycles. The van der Waals surface area contributed by atoms with Crippen LogP contribution in [0.1, 0.15) is 5.56 Å². The number of carbonyl (C=O) groups is 1. The molecule has 0 atom stereocenters. The van der Waals surface area contributed by atoms with Gasteiger partial charge in [-0.05, 0) is 30.7 Å². The fourth-order valence-corrected chi connectivity index (χ4v) is 1.42. The van der Waals surface area contributed by atoms with Crippen LogP contribution in [0.15, 0.2) is 18.2 Å². The van der Waals surface area contributed by atoms with Crippen LogP contribution in [0.25, 0.3) is 0 Å². The fourth-order valence-electron chi connectivity index (χ4n) is 1.19. The smallest absolute Gasteiger partial charge is 0.344 e. The van der Waals surface area contributed by atoms with E-state index in [0.29, 0.717) is 17.4 Å². The first kappa shape index (κ1) is 13.8. The molecule has 0 saturated heterocycles. The van der Waals surface area contributed by atoms with Crippen LogP contribution in [0, 0.1) is 6.92 Å². The number of rotatable bonds is 6. The van der Waals surface area contributed by atoms with Crippen LogP contribution in [0.2, 0.25) is 5.02 Å². The molecule has 0 radical (unpaired) electrons. The lowest BCUT2D eigenvalue weighted by molar-refractivity contribution is -0.147. The van der Waals surface area contributed by atoms with Gasteiger partial charge >= 0.3 is 5.97 Å². The molecule has 0 fully saturated rings. The van der Waals surface area contributed by atoms with Crippen LogP contribution < -0.4 is 4.74 Å². The van der Waals surface area contributed by atoms with Crippen LogP contribution in [0.5, 0.6) is 5.75 Å². The monoisotopic (exact) mass is 258 g/mol. The topological polar surface area (TPSA) is 44.8 Å². The lowest BCUT2D eigenvalue weighted by Gasteiger charge is -2.09. The van der Waals surface area contributed by atoms with Gasteiger partial charge in [-0.3, -0.25) is 0 Å². The van der Waals surface area contributed by atoms with E-state index in [4.69, 9.17) is 25.8 Å². The molecule has 4 nitrogen and oxygen atoms in total. The quantitative estimate of drug-likeness (QED) is 0.580. The van der Waals surface area contributed by atoms with E-state index in [9.17, 15) is 4.79 Å². The fraction of sp³-hybridized carbons (Fsp3) is 0.417. The molecule has 0 bridgehead atoms. The molecule has 0 spiro atoms. The summed E-state index contributed by atoms with van der Waals surface area (Å²) in [7, 11) is 1.54. The second-order valence-electron chi connectivity index (χ2n) is 3.41. The summed E-state index contributed by atoms with van der Waals surface area (Å²) in [6, 6.07) is 5.20. The average molecular weight is 259 g/mol. The Balaban J connectivity index is 2.37. The highest BCUT2D eigenvalue weighted by molar-refractivity contribution is 6.30. The molecule has 0 amide bonds. The van der Waals surface area contributed by atoms with Gasteiger partial charge < -0.3 is 14.2 Å². The number of hydrogen-bond donors (Lipinski definition) is 0. The van der Waals surface area contributed by atoms with Crippen LogP contribution in [0.3, 0.4) is 0 Å². The van der Waals surface area contributed by atoms with E-state index in [-0.39, 0.29) is 13.2 Å². The molecule has 1 aromatic rings. The van der Waals surface area contributed by atoms with Gasteiger partial charge in [0.2, 0.25) is 0 Å². The predicted octanol–water partition coefficient (Wildman–Crippen LogP) is 2.22. The summed E-state index contributed by atoms with van der Waals surface area (Å²) in [6.45, 7) is 2.35. The minimum Gasteiger partial charge on any atom is -0.482 e. The molecule has 1 rings (SSSR count). The number of ether oxygens (including phenoxy) is 3. The van der Waals surface area contributed by atoms with Crippen molar-refractivity contribution in [2.45, 2.75) is 6.92 Å². The second kappa shape index (κ2) is 7.14. The normalized spacial score (nSPS) is 10.1. The summed E-state index contributed by atoms with van der Waals surface area (Å²) in [4.78, 5) is 11.2. The standard InChI is InChI=1S/C12H15ClO4/c1-9-7-10(13)3-4-11(9)17-8-12(14)16-6-5-15-2/h3-4,7H,5-6,8H2,1-2H3. The third-order valence-electron chi connectivity index (χ3n) is 2.03. The number of esters is 1. The van der Waals surface area contributed by atoms with Crippen LogP contribution in [-0.4, -0.2) is 32.9 Å². The summed E-state index contributed by atoms with van der Waals surface area (Å²) in [5.41, 5.74) is 0.877. The Morgan fingerprint density at radius 3 is 2.76 bits per heavy atom. The van der Waals surface area contributed by atoms with E-state index in [1.807, 2.05) is 6.92 Å². The minimum atomic E-state index is -0.420. The Hall–Kier alpha value is -1.26. The van der Waals surface area contributed by atoms with Gasteiger partial charge in [-0.1, -0.05) is 11.6 Å². The molecular weight excluding hydrogens is 244 g/mol. The molecular formula is C12H15ClO4. The van der Waals surface area contributed by atoms with Gasteiger partial charge in [0.25, 0.3) is 0 Å². The third kappa shape index (κ3) is 5.06. The Kier molecular flexibility index (Phi) is 5.80. The van der Waals surface area contributed by atoms with Crippen LogP contribution in [0.4, 0.5) is 0 Å². The van der Waals surface area contributed by atoms with Gasteiger partial charge in [-0.15, -0.1) is 0 Å². The summed E-state index contributed by atoms with van der Waals surface area (Å²) < 4.78 is 14.9. The van der Waals surface area contributed by atoms with Crippen molar-refractivity contribution in [3.8, 4) is 5.75 Å². The van der Waals surface area contributed by atoms with Gasteiger partial charge in [0.1, 0.15) is 12.4 Å². The summed E-state index contributed by atoms with van der Waals surface area (Å²) in [6.07, 6.45) is 0. The van der Waals surface area contributed by atoms with E-state index in [1.54, 1.807) is 25.3 Å². The zero-order valence-electron chi connectivity index (χ0n) is 9.86. The lowest BCUT2D eigenvalue weighted by atomic mass is 10.2. The van der Waals surface area contributed by atoms with Crippen molar-refractivity contribution in [2.24, 2.45) is 0 Å². The van der Waals surface area contributed by atoms with Crippen molar-refractivity contribution in [2.75, 3.05) is 26.9 Å². The van der Waals surface area contributed by atoms with Crippen molar-refractivity contribution < 1.29 is 19.0 Å². The first-order valence-corrected chi connectivity index (χ1v) is 5.55. The number of halogens is 1. The zero-order chi connectivity index (χ0) is 12.7. The first-order chi connectivity index (χ1) is 8.13. The van der Waals surface area contributed by atoms with E-state index in [0.717, 1.165) is 5.56 Å². The highest BCUT2D eigenvalue weighted by atomic mass is 35.5. The van der Waals surface area contributed by atoms with Crippen molar-refractivity contribution in [1.82, 2.24) is 0 Å². The van der Waals surface area contributed by atoms with Gasteiger partial charge in [0.15, 0.2) is 6.61 Å². The van der Waals surface area contributed by atoms with Crippen molar-refractivity contribution in [3.05, 3.63) is 28.8 Å². The van der Waals surface area contributed by atoms with E-state index < -0.39 is 5.97 Å². The Morgan fingerprint density at radius 1 is 1.35 bits per heavy atom. The molecule has 1 aromatic carbocycles. The maximum atomic E-state index is 11.2. The van der Waals surface area contributed by atoms with Crippen molar-refractivity contribution in [1.29, 1.82) is 0 Å². The molecule has 17 heavy (non-hydrogen) atoms. The zero-order valence-corrected chi connectivity index (χ0v) is 10.6. The highest BCUT2D eigenvalue weighted by Crippen LogP contribution is 2.21. The molecule has 0 N–H and O–H groups in total. The van der Waals surface area contributed by atoms with Crippen molar-refractivity contribution >= 4 is 17.6 Å². The Bertz CT molecular complexity index is 379. The molecule has 5 heteroatoms. The maximum absolute atomic E-state index is 11.2. The number of benzene rings is 1. The number of aryl methyl sites for hydroxylation is 1. The maximum Gasteiger partial charge on any atom is 0.344 e. The summed E-state index contributed by atoms with van der Waals surface area (Å²) >= 11 is 5.80. The Morgan fingerprint density at radius 2 is 2.12 bits per heavy atom.